The maximum atomic E-state index is 11.2. The average Bonchev–Trinajstić information content (AvgIpc) is 2.11. The normalized spacial score (nSPS) is 9.58. The summed E-state index contributed by atoms with van der Waals surface area (Å²) in [6, 6.07) is 0. The molecule has 12 heavy (non-hydrogen) atoms. The van der Waals surface area contributed by atoms with E-state index in [1.807, 2.05) is 0 Å². The van der Waals surface area contributed by atoms with Crippen molar-refractivity contribution in [2.75, 3.05) is 20.2 Å². The molecule has 0 spiro atoms. The molecule has 1 amide bonds. The van der Waals surface area contributed by atoms with Crippen LogP contribution in [-0.2, 0) is 4.79 Å². The maximum absolute atomic E-state index is 11.2. The molecule has 0 saturated carbocycles. The van der Waals surface area contributed by atoms with Gasteiger partial charge in [0.1, 0.15) is 0 Å². The zero-order valence-electron chi connectivity index (χ0n) is 7.84. The van der Waals surface area contributed by atoms with Gasteiger partial charge in [-0.1, -0.05) is 19.9 Å². The molecule has 3 nitrogen and oxygen atoms in total. The van der Waals surface area contributed by atoms with E-state index < -0.39 is 0 Å². The molecule has 0 atom stereocenters. The van der Waals surface area contributed by atoms with Crippen LogP contribution in [0.15, 0.2) is 12.2 Å². The quantitative estimate of drug-likeness (QED) is 0.621. The Morgan fingerprint density at radius 2 is 2.17 bits per heavy atom. The second-order valence-electron chi connectivity index (χ2n) is 2.84. The van der Waals surface area contributed by atoms with E-state index in [0.717, 1.165) is 19.4 Å². The van der Waals surface area contributed by atoms with Crippen LogP contribution in [0.25, 0.3) is 0 Å². The van der Waals surface area contributed by atoms with Gasteiger partial charge >= 0.3 is 0 Å². The van der Waals surface area contributed by atoms with Gasteiger partial charge in [-0.05, 0) is 6.42 Å². The van der Waals surface area contributed by atoms with E-state index >= 15 is 0 Å². The van der Waals surface area contributed by atoms with Gasteiger partial charge in [-0.15, -0.1) is 0 Å². The predicted octanol–water partition coefficient (Wildman–Crippen LogP) is 0.793. The Labute approximate surface area is 73.7 Å². The van der Waals surface area contributed by atoms with Crippen LogP contribution in [0.4, 0.5) is 0 Å². The molecule has 3 heteroatoms. The molecule has 0 aromatic carbocycles. The Morgan fingerprint density at radius 1 is 1.58 bits per heavy atom. The molecule has 70 valence electrons. The molecule has 0 fully saturated rings. The molecule has 0 rings (SSSR count). The molecule has 0 aromatic rings. The van der Waals surface area contributed by atoms with Crippen LogP contribution < -0.4 is 0 Å². The second kappa shape index (κ2) is 5.77. The number of amides is 1. The van der Waals surface area contributed by atoms with Gasteiger partial charge in [-0.25, -0.2) is 0 Å². The van der Waals surface area contributed by atoms with E-state index in [4.69, 9.17) is 5.11 Å². The lowest BCUT2D eigenvalue weighted by Crippen LogP contribution is -2.29. The van der Waals surface area contributed by atoms with E-state index in [9.17, 15) is 4.79 Å². The molecule has 0 aromatic heterocycles. The molecular weight excluding hydrogens is 154 g/mol. The number of nitrogens with zero attached hydrogens (tertiary/aromatic N) is 1. The molecule has 1 N–H and O–H groups in total. The molecule has 0 bridgehead atoms. The number of hydrogen-bond donors (Lipinski definition) is 1. The molecule has 0 aliphatic rings. The zero-order valence-corrected chi connectivity index (χ0v) is 7.84. The van der Waals surface area contributed by atoms with Gasteiger partial charge in [0, 0.05) is 19.2 Å². The highest BCUT2D eigenvalue weighted by atomic mass is 16.3. The first-order chi connectivity index (χ1) is 5.63. The van der Waals surface area contributed by atoms with Crippen molar-refractivity contribution >= 4 is 5.91 Å². The predicted molar refractivity (Wildman–Crippen MR) is 48.8 cm³/mol. The number of unbranched alkanes of at least 4 members (excludes halogenated alkanes) is 1. The van der Waals surface area contributed by atoms with Crippen LogP contribution >= 0.6 is 0 Å². The fourth-order valence-corrected chi connectivity index (χ4v) is 0.834. The summed E-state index contributed by atoms with van der Waals surface area (Å²) < 4.78 is 0. The molecule has 0 saturated heterocycles. The molecule has 0 radical (unpaired) electrons. The Bertz CT molecular complexity index is 166. The number of likely N-dealkylation sites (N-methyl/N-ethyl adjacent to an activating group) is 1. The van der Waals surface area contributed by atoms with Gasteiger partial charge in [-0.2, -0.15) is 0 Å². The Hall–Kier alpha value is -0.830. The Morgan fingerprint density at radius 3 is 2.58 bits per heavy atom. The fourth-order valence-electron chi connectivity index (χ4n) is 0.834. The monoisotopic (exact) mass is 171 g/mol. The van der Waals surface area contributed by atoms with Gasteiger partial charge in [0.05, 0.1) is 6.61 Å². The van der Waals surface area contributed by atoms with Crippen molar-refractivity contribution in [3.63, 3.8) is 0 Å². The van der Waals surface area contributed by atoms with Crippen molar-refractivity contribution in [3.8, 4) is 0 Å². The van der Waals surface area contributed by atoms with Gasteiger partial charge in [0.15, 0.2) is 0 Å². The summed E-state index contributed by atoms with van der Waals surface area (Å²) in [7, 11) is 1.72. The average molecular weight is 171 g/mol. The highest BCUT2D eigenvalue weighted by Gasteiger charge is 2.10. The van der Waals surface area contributed by atoms with Crippen LogP contribution in [-0.4, -0.2) is 36.1 Å². The van der Waals surface area contributed by atoms with Crippen LogP contribution in [0.1, 0.15) is 19.8 Å². The van der Waals surface area contributed by atoms with Crippen molar-refractivity contribution in [2.45, 2.75) is 19.8 Å². The summed E-state index contributed by atoms with van der Waals surface area (Å²) in [6.07, 6.45) is 2.05. The van der Waals surface area contributed by atoms with Crippen molar-refractivity contribution in [1.82, 2.24) is 4.90 Å². The van der Waals surface area contributed by atoms with Gasteiger partial charge in [-0.3, -0.25) is 4.79 Å². The minimum atomic E-state index is -0.255. The summed E-state index contributed by atoms with van der Waals surface area (Å²) in [5.41, 5.74) is 0.258. The second-order valence-corrected chi connectivity index (χ2v) is 2.84. The van der Waals surface area contributed by atoms with E-state index in [0.29, 0.717) is 0 Å². The highest BCUT2D eigenvalue weighted by Crippen LogP contribution is 1.98. The standard InChI is InChI=1S/C9H17NO2/c1-4-5-6-10(3)9(12)8(2)7-11/h11H,2,4-7H2,1,3H3. The summed E-state index contributed by atoms with van der Waals surface area (Å²) in [4.78, 5) is 12.8. The smallest absolute Gasteiger partial charge is 0.251 e. The van der Waals surface area contributed by atoms with E-state index in [1.165, 1.54) is 0 Å². The number of carbonyl (C=O) groups is 1. The number of carbonyl (C=O) groups excluding carboxylic acids is 1. The highest BCUT2D eigenvalue weighted by molar-refractivity contribution is 5.92. The Balaban J connectivity index is 3.84. The van der Waals surface area contributed by atoms with E-state index in [-0.39, 0.29) is 18.1 Å². The van der Waals surface area contributed by atoms with Crippen LogP contribution in [0.3, 0.4) is 0 Å². The third-order valence-electron chi connectivity index (χ3n) is 1.69. The molecule has 0 unspecified atom stereocenters. The van der Waals surface area contributed by atoms with Crippen molar-refractivity contribution in [3.05, 3.63) is 12.2 Å². The van der Waals surface area contributed by atoms with Gasteiger partial charge < -0.3 is 10.0 Å². The third kappa shape index (κ3) is 3.53. The summed E-state index contributed by atoms with van der Waals surface area (Å²) in [5.74, 6) is -0.161. The first kappa shape index (κ1) is 11.2. The summed E-state index contributed by atoms with van der Waals surface area (Å²) in [6.45, 7) is 6.01. The van der Waals surface area contributed by atoms with E-state index in [2.05, 4.69) is 13.5 Å². The Kier molecular flexibility index (Phi) is 5.37. The van der Waals surface area contributed by atoms with Crippen molar-refractivity contribution in [1.29, 1.82) is 0 Å². The van der Waals surface area contributed by atoms with Crippen molar-refractivity contribution < 1.29 is 9.90 Å². The molecule has 0 heterocycles. The maximum Gasteiger partial charge on any atom is 0.251 e. The number of aliphatic hydroxyl groups is 1. The first-order valence-corrected chi connectivity index (χ1v) is 4.17. The summed E-state index contributed by atoms with van der Waals surface area (Å²) >= 11 is 0. The third-order valence-corrected chi connectivity index (χ3v) is 1.69. The first-order valence-electron chi connectivity index (χ1n) is 4.17. The number of aliphatic hydroxyl groups excluding tert-OH is 1. The van der Waals surface area contributed by atoms with Crippen LogP contribution in [0, 0.1) is 0 Å². The number of rotatable bonds is 5. The lowest BCUT2D eigenvalue weighted by atomic mass is 10.2. The lowest BCUT2D eigenvalue weighted by molar-refractivity contribution is -0.126. The molecule has 0 aliphatic heterocycles. The number of hydrogen-bond acceptors (Lipinski definition) is 2. The van der Waals surface area contributed by atoms with Crippen molar-refractivity contribution in [2.24, 2.45) is 0 Å². The fraction of sp³-hybridized carbons (Fsp3) is 0.667. The van der Waals surface area contributed by atoms with E-state index in [1.54, 1.807) is 11.9 Å². The topological polar surface area (TPSA) is 40.5 Å². The van der Waals surface area contributed by atoms with Gasteiger partial charge in [0.2, 0.25) is 0 Å². The minimum absolute atomic E-state index is 0.161. The molecular formula is C9H17NO2. The molecule has 0 aliphatic carbocycles. The zero-order chi connectivity index (χ0) is 9.56. The largest absolute Gasteiger partial charge is 0.391 e. The minimum Gasteiger partial charge on any atom is -0.391 e. The lowest BCUT2D eigenvalue weighted by Gasteiger charge is -2.16. The van der Waals surface area contributed by atoms with Gasteiger partial charge in [0.25, 0.3) is 5.91 Å². The SMILES string of the molecule is C=C(CO)C(=O)N(C)CCCC. The van der Waals surface area contributed by atoms with Crippen LogP contribution in [0.2, 0.25) is 0 Å². The van der Waals surface area contributed by atoms with Crippen LogP contribution in [0.5, 0.6) is 0 Å². The summed E-state index contributed by atoms with van der Waals surface area (Å²) in [5, 5.41) is 8.63.